The molecule has 4 heteroatoms. The fourth-order valence-corrected chi connectivity index (χ4v) is 3.94. The van der Waals surface area contributed by atoms with Gasteiger partial charge in [-0.25, -0.2) is 8.78 Å². The molecule has 2 heterocycles. The van der Waals surface area contributed by atoms with Gasteiger partial charge in [-0.2, -0.15) is 0 Å². The molecule has 2 aliphatic heterocycles. The van der Waals surface area contributed by atoms with Crippen molar-refractivity contribution < 1.29 is 13.5 Å². The van der Waals surface area contributed by atoms with Crippen molar-refractivity contribution in [3.63, 3.8) is 0 Å². The first-order valence-electron chi connectivity index (χ1n) is 8.82. The molecule has 1 aromatic carbocycles. The largest absolute Gasteiger partial charge is 0.374 e. The highest BCUT2D eigenvalue weighted by Gasteiger charge is 2.31. The number of piperidine rings is 1. The highest BCUT2D eigenvalue weighted by atomic mass is 19.1. The van der Waals surface area contributed by atoms with Crippen LogP contribution in [-0.4, -0.2) is 43.4 Å². The van der Waals surface area contributed by atoms with Gasteiger partial charge >= 0.3 is 0 Å². The van der Waals surface area contributed by atoms with Gasteiger partial charge in [-0.1, -0.05) is 19.1 Å². The predicted octanol–water partition coefficient (Wildman–Crippen LogP) is 3.84. The van der Waals surface area contributed by atoms with E-state index in [0.717, 1.165) is 26.1 Å². The SMILES string of the molecule is CC1CC(F)COC1CN1CCCC(Cc2ccc(F)cc2)C1. The molecule has 0 bridgehead atoms. The molecule has 2 saturated heterocycles. The highest BCUT2D eigenvalue weighted by molar-refractivity contribution is 5.16. The van der Waals surface area contributed by atoms with Crippen LogP contribution >= 0.6 is 0 Å². The number of nitrogens with zero attached hydrogens (tertiary/aromatic N) is 1. The Hall–Kier alpha value is -1.00. The third kappa shape index (κ3) is 4.74. The summed E-state index contributed by atoms with van der Waals surface area (Å²) in [5.41, 5.74) is 1.21. The fourth-order valence-electron chi connectivity index (χ4n) is 3.94. The van der Waals surface area contributed by atoms with Gasteiger partial charge in [-0.05, 0) is 61.8 Å². The van der Waals surface area contributed by atoms with Crippen LogP contribution < -0.4 is 0 Å². The van der Waals surface area contributed by atoms with E-state index in [0.29, 0.717) is 12.3 Å². The van der Waals surface area contributed by atoms with Crippen LogP contribution in [0.15, 0.2) is 24.3 Å². The Kier molecular flexibility index (Phi) is 5.65. The molecule has 23 heavy (non-hydrogen) atoms. The third-order valence-corrected chi connectivity index (χ3v) is 5.23. The number of alkyl halides is 1. The van der Waals surface area contributed by atoms with Crippen LogP contribution in [0.2, 0.25) is 0 Å². The Morgan fingerprint density at radius 2 is 2.04 bits per heavy atom. The van der Waals surface area contributed by atoms with E-state index in [4.69, 9.17) is 4.74 Å². The van der Waals surface area contributed by atoms with Gasteiger partial charge < -0.3 is 9.64 Å². The molecular weight excluding hydrogens is 296 g/mol. The average molecular weight is 323 g/mol. The molecule has 3 rings (SSSR count). The topological polar surface area (TPSA) is 12.5 Å². The summed E-state index contributed by atoms with van der Waals surface area (Å²) in [5.74, 6) is 0.729. The second-order valence-electron chi connectivity index (χ2n) is 7.28. The van der Waals surface area contributed by atoms with Gasteiger partial charge in [0.25, 0.3) is 0 Å². The second kappa shape index (κ2) is 7.71. The van der Waals surface area contributed by atoms with Crippen molar-refractivity contribution in [3.8, 4) is 0 Å². The van der Waals surface area contributed by atoms with Crippen LogP contribution in [-0.2, 0) is 11.2 Å². The molecular formula is C19H27F2NO. The normalized spacial score (nSPS) is 32.8. The zero-order chi connectivity index (χ0) is 16.2. The monoisotopic (exact) mass is 323 g/mol. The van der Waals surface area contributed by atoms with E-state index in [1.54, 1.807) is 12.1 Å². The van der Waals surface area contributed by atoms with Crippen molar-refractivity contribution in [3.05, 3.63) is 35.6 Å². The quantitative estimate of drug-likeness (QED) is 0.835. The molecule has 0 amide bonds. The van der Waals surface area contributed by atoms with Crippen LogP contribution in [0.3, 0.4) is 0 Å². The lowest BCUT2D eigenvalue weighted by Crippen LogP contribution is -2.46. The Labute approximate surface area is 137 Å². The number of benzene rings is 1. The summed E-state index contributed by atoms with van der Waals surface area (Å²) in [7, 11) is 0. The standard InChI is InChI=1S/C19H27F2NO/c1-14-9-18(21)13-23-19(14)12-22-8-2-3-16(11-22)10-15-4-6-17(20)7-5-15/h4-7,14,16,18-19H,2-3,8-13H2,1H3. The number of hydrogen-bond donors (Lipinski definition) is 0. The molecule has 0 spiro atoms. The molecule has 1 aromatic rings. The Bertz CT molecular complexity index is 493. The van der Waals surface area contributed by atoms with Crippen LogP contribution in [0.4, 0.5) is 8.78 Å². The minimum absolute atomic E-state index is 0.159. The van der Waals surface area contributed by atoms with Gasteiger partial charge in [-0.15, -0.1) is 0 Å². The zero-order valence-electron chi connectivity index (χ0n) is 13.9. The van der Waals surface area contributed by atoms with Crippen LogP contribution in [0.1, 0.15) is 31.7 Å². The summed E-state index contributed by atoms with van der Waals surface area (Å²) in [6, 6.07) is 6.87. The van der Waals surface area contributed by atoms with Crippen molar-refractivity contribution in [2.24, 2.45) is 11.8 Å². The van der Waals surface area contributed by atoms with Crippen molar-refractivity contribution >= 4 is 0 Å². The molecule has 4 atom stereocenters. The van der Waals surface area contributed by atoms with Crippen LogP contribution in [0.5, 0.6) is 0 Å². The molecule has 4 unspecified atom stereocenters. The maximum absolute atomic E-state index is 13.4. The zero-order valence-corrected chi connectivity index (χ0v) is 13.9. The number of ether oxygens (including phenoxy) is 1. The maximum Gasteiger partial charge on any atom is 0.124 e. The first kappa shape index (κ1) is 16.8. The predicted molar refractivity (Wildman–Crippen MR) is 87.7 cm³/mol. The van der Waals surface area contributed by atoms with Crippen LogP contribution in [0.25, 0.3) is 0 Å². The van der Waals surface area contributed by atoms with Crippen LogP contribution in [0, 0.1) is 17.7 Å². The molecule has 0 radical (unpaired) electrons. The van der Waals surface area contributed by atoms with E-state index < -0.39 is 6.17 Å². The summed E-state index contributed by atoms with van der Waals surface area (Å²) in [6.45, 7) is 5.42. The van der Waals surface area contributed by atoms with Gasteiger partial charge in [0.05, 0.1) is 12.7 Å². The molecule has 0 saturated carbocycles. The van der Waals surface area contributed by atoms with E-state index >= 15 is 0 Å². The molecule has 2 fully saturated rings. The van der Waals surface area contributed by atoms with E-state index in [2.05, 4.69) is 11.8 Å². The highest BCUT2D eigenvalue weighted by Crippen LogP contribution is 2.26. The summed E-state index contributed by atoms with van der Waals surface area (Å²) < 4.78 is 32.1. The molecule has 2 aliphatic rings. The summed E-state index contributed by atoms with van der Waals surface area (Å²) >= 11 is 0. The lowest BCUT2D eigenvalue weighted by Gasteiger charge is -2.38. The average Bonchev–Trinajstić information content (AvgIpc) is 2.53. The van der Waals surface area contributed by atoms with Gasteiger partial charge in [0.2, 0.25) is 0 Å². The molecule has 0 N–H and O–H groups in total. The minimum atomic E-state index is -0.797. The molecule has 128 valence electrons. The Morgan fingerprint density at radius 3 is 2.78 bits per heavy atom. The van der Waals surface area contributed by atoms with Crippen molar-refractivity contribution in [1.29, 1.82) is 0 Å². The van der Waals surface area contributed by atoms with E-state index in [9.17, 15) is 8.78 Å². The van der Waals surface area contributed by atoms with Gasteiger partial charge in [0.1, 0.15) is 12.0 Å². The number of likely N-dealkylation sites (tertiary alicyclic amines) is 1. The fraction of sp³-hybridized carbons (Fsp3) is 0.684. The van der Waals surface area contributed by atoms with Crippen molar-refractivity contribution in [2.45, 2.75) is 44.9 Å². The van der Waals surface area contributed by atoms with Gasteiger partial charge in [-0.3, -0.25) is 0 Å². The second-order valence-corrected chi connectivity index (χ2v) is 7.28. The first-order chi connectivity index (χ1) is 11.1. The third-order valence-electron chi connectivity index (χ3n) is 5.23. The first-order valence-corrected chi connectivity index (χ1v) is 8.82. The lowest BCUT2D eigenvalue weighted by molar-refractivity contribution is -0.0755. The Balaban J connectivity index is 1.51. The summed E-state index contributed by atoms with van der Waals surface area (Å²) in [5, 5.41) is 0. The molecule has 0 aromatic heterocycles. The maximum atomic E-state index is 13.4. The Morgan fingerprint density at radius 1 is 1.26 bits per heavy atom. The molecule has 2 nitrogen and oxygen atoms in total. The number of hydrogen-bond acceptors (Lipinski definition) is 2. The number of halogens is 2. The molecule has 0 aliphatic carbocycles. The van der Waals surface area contributed by atoms with Gasteiger partial charge in [0, 0.05) is 13.1 Å². The smallest absolute Gasteiger partial charge is 0.124 e. The lowest BCUT2D eigenvalue weighted by atomic mass is 9.90. The summed E-state index contributed by atoms with van der Waals surface area (Å²) in [6.07, 6.45) is 3.41. The summed E-state index contributed by atoms with van der Waals surface area (Å²) in [4.78, 5) is 2.47. The van der Waals surface area contributed by atoms with E-state index in [-0.39, 0.29) is 24.4 Å². The van der Waals surface area contributed by atoms with Crippen molar-refractivity contribution in [2.75, 3.05) is 26.2 Å². The number of rotatable bonds is 4. The van der Waals surface area contributed by atoms with E-state index in [1.165, 1.54) is 18.4 Å². The minimum Gasteiger partial charge on any atom is -0.374 e. The van der Waals surface area contributed by atoms with Gasteiger partial charge in [0.15, 0.2) is 0 Å². The van der Waals surface area contributed by atoms with E-state index in [1.807, 2.05) is 12.1 Å². The van der Waals surface area contributed by atoms with Crippen molar-refractivity contribution in [1.82, 2.24) is 4.90 Å².